The molecule has 0 amide bonds. The number of benzene rings is 1. The maximum atomic E-state index is 5.88. The number of rotatable bonds is 9. The Hall–Kier alpha value is -2.33. The van der Waals surface area contributed by atoms with Gasteiger partial charge in [0, 0.05) is 18.5 Å². The van der Waals surface area contributed by atoms with Crippen molar-refractivity contribution >= 4 is 29.9 Å². The minimum atomic E-state index is -0.0579. The van der Waals surface area contributed by atoms with Crippen LogP contribution in [0.25, 0.3) is 0 Å². The van der Waals surface area contributed by atoms with E-state index in [0.717, 1.165) is 37.1 Å². The maximum Gasteiger partial charge on any atom is 0.213 e. The number of oxazole rings is 1. The van der Waals surface area contributed by atoms with Crippen molar-refractivity contribution < 1.29 is 8.83 Å². The molecule has 3 rings (SSSR count). The van der Waals surface area contributed by atoms with E-state index < -0.39 is 0 Å². The van der Waals surface area contributed by atoms with Crippen LogP contribution in [0.1, 0.15) is 56.2 Å². The molecule has 2 heterocycles. The summed E-state index contributed by atoms with van der Waals surface area (Å²) in [5.41, 5.74) is 2.39. The molecule has 0 fully saturated rings. The summed E-state index contributed by atoms with van der Waals surface area (Å²) in [5, 5.41) is 6.62. The van der Waals surface area contributed by atoms with Gasteiger partial charge in [-0.2, -0.15) is 0 Å². The molecule has 0 radical (unpaired) electrons. The van der Waals surface area contributed by atoms with Gasteiger partial charge in [0.15, 0.2) is 5.96 Å². The summed E-state index contributed by atoms with van der Waals surface area (Å²) in [6, 6.07) is 12.3. The highest BCUT2D eigenvalue weighted by atomic mass is 127. The molecule has 8 heteroatoms. The molecule has 0 aliphatic heterocycles. The molecular weight excluding hydrogens is 529 g/mol. The third-order valence-corrected chi connectivity index (χ3v) is 5.02. The van der Waals surface area contributed by atoms with E-state index >= 15 is 0 Å². The predicted octanol–water partition coefficient (Wildman–Crippen LogP) is 5.07. The second-order valence-corrected chi connectivity index (χ2v) is 8.94. The van der Waals surface area contributed by atoms with E-state index in [4.69, 9.17) is 13.8 Å². The molecule has 2 aromatic heterocycles. The van der Waals surface area contributed by atoms with Gasteiger partial charge in [0.05, 0.1) is 32.1 Å². The first kappa shape index (κ1) is 26.9. The fourth-order valence-corrected chi connectivity index (χ4v) is 3.29. The largest absolute Gasteiger partial charge is 0.468 e. The fraction of sp³-hybridized carbons (Fsp3) is 0.440. The lowest BCUT2D eigenvalue weighted by molar-refractivity contribution is 0.287. The van der Waals surface area contributed by atoms with Crippen molar-refractivity contribution in [1.29, 1.82) is 0 Å². The van der Waals surface area contributed by atoms with E-state index in [2.05, 4.69) is 79.5 Å². The topological polar surface area (TPSA) is 78.8 Å². The van der Waals surface area contributed by atoms with E-state index in [9.17, 15) is 0 Å². The Labute approximate surface area is 214 Å². The van der Waals surface area contributed by atoms with Crippen LogP contribution in [0.3, 0.4) is 0 Å². The maximum absolute atomic E-state index is 5.88. The van der Waals surface area contributed by atoms with Crippen LogP contribution in [0.2, 0.25) is 0 Å². The third-order valence-electron chi connectivity index (χ3n) is 5.02. The Morgan fingerprint density at radius 3 is 2.45 bits per heavy atom. The van der Waals surface area contributed by atoms with Crippen LogP contribution in [0.4, 0.5) is 0 Å². The predicted molar refractivity (Wildman–Crippen MR) is 143 cm³/mol. The van der Waals surface area contributed by atoms with Crippen molar-refractivity contribution in [1.82, 2.24) is 20.5 Å². The van der Waals surface area contributed by atoms with Crippen LogP contribution in [0.5, 0.6) is 0 Å². The Kier molecular flexibility index (Phi) is 10.4. The van der Waals surface area contributed by atoms with Crippen molar-refractivity contribution in [2.75, 3.05) is 13.6 Å². The molecule has 0 saturated carbocycles. The SMILES string of the molecule is CCNC(=NCc1ccccc1CN(C)Cc1ccco1)NCc1ncc(C(C)(C)C)o1.I. The Bertz CT molecular complexity index is 992. The van der Waals surface area contributed by atoms with Crippen molar-refractivity contribution in [3.63, 3.8) is 0 Å². The summed E-state index contributed by atoms with van der Waals surface area (Å²) in [6.45, 7) is 11.8. The standard InChI is InChI=1S/C25H35N5O2.HI/c1-6-26-24(29-16-23-27-15-22(32-23)25(2,3)4)28-14-19-10-7-8-11-20(19)17-30(5)18-21-12-9-13-31-21;/h7-13,15H,6,14,16-18H2,1-5H3,(H2,26,28,29);1H. The number of hydrogen-bond donors (Lipinski definition) is 2. The van der Waals surface area contributed by atoms with Gasteiger partial charge < -0.3 is 19.5 Å². The molecule has 0 aliphatic carbocycles. The number of guanidine groups is 1. The molecule has 1 aromatic carbocycles. The van der Waals surface area contributed by atoms with E-state index in [1.54, 1.807) is 12.5 Å². The summed E-state index contributed by atoms with van der Waals surface area (Å²) in [6.07, 6.45) is 3.51. The Morgan fingerprint density at radius 2 is 1.82 bits per heavy atom. The normalized spacial score (nSPS) is 12.0. The number of nitrogens with one attached hydrogen (secondary N) is 2. The smallest absolute Gasteiger partial charge is 0.213 e. The molecule has 0 saturated heterocycles. The molecular formula is C25H36IN5O2. The highest BCUT2D eigenvalue weighted by Crippen LogP contribution is 2.22. The molecule has 180 valence electrons. The second kappa shape index (κ2) is 12.8. The molecule has 33 heavy (non-hydrogen) atoms. The van der Waals surface area contributed by atoms with Crippen molar-refractivity contribution in [3.8, 4) is 0 Å². The number of hydrogen-bond acceptors (Lipinski definition) is 5. The Balaban J connectivity index is 0.00000385. The highest BCUT2D eigenvalue weighted by molar-refractivity contribution is 14.0. The minimum absolute atomic E-state index is 0. The molecule has 0 aliphatic rings. The quantitative estimate of drug-likeness (QED) is 0.214. The van der Waals surface area contributed by atoms with Crippen LogP contribution < -0.4 is 10.6 Å². The number of halogens is 1. The number of furan rings is 1. The van der Waals surface area contributed by atoms with Gasteiger partial charge in [-0.25, -0.2) is 9.98 Å². The molecule has 3 aromatic rings. The first-order valence-corrected chi connectivity index (χ1v) is 11.1. The van der Waals surface area contributed by atoms with Crippen LogP contribution in [-0.2, 0) is 31.6 Å². The van der Waals surface area contributed by atoms with Crippen LogP contribution >= 0.6 is 24.0 Å². The lowest BCUT2D eigenvalue weighted by atomic mass is 9.94. The first-order chi connectivity index (χ1) is 15.3. The van der Waals surface area contributed by atoms with Gasteiger partial charge in [0.25, 0.3) is 0 Å². The van der Waals surface area contributed by atoms with Gasteiger partial charge in [-0.05, 0) is 37.2 Å². The fourth-order valence-electron chi connectivity index (χ4n) is 3.29. The summed E-state index contributed by atoms with van der Waals surface area (Å²) in [4.78, 5) is 11.4. The summed E-state index contributed by atoms with van der Waals surface area (Å²) < 4.78 is 11.3. The first-order valence-electron chi connectivity index (χ1n) is 11.1. The summed E-state index contributed by atoms with van der Waals surface area (Å²) >= 11 is 0. The van der Waals surface area contributed by atoms with E-state index in [1.165, 1.54) is 11.1 Å². The zero-order chi connectivity index (χ0) is 23.0. The number of aromatic nitrogens is 1. The van der Waals surface area contributed by atoms with Crippen molar-refractivity contribution in [2.45, 2.75) is 59.3 Å². The van der Waals surface area contributed by atoms with E-state index in [0.29, 0.717) is 19.0 Å². The molecule has 7 nitrogen and oxygen atoms in total. The minimum Gasteiger partial charge on any atom is -0.468 e. The molecule has 0 spiro atoms. The van der Waals surface area contributed by atoms with Gasteiger partial charge in [0.1, 0.15) is 11.5 Å². The van der Waals surface area contributed by atoms with Gasteiger partial charge in [-0.15, -0.1) is 24.0 Å². The lowest BCUT2D eigenvalue weighted by Gasteiger charge is -2.17. The second-order valence-electron chi connectivity index (χ2n) is 8.94. The van der Waals surface area contributed by atoms with Gasteiger partial charge >= 0.3 is 0 Å². The monoisotopic (exact) mass is 565 g/mol. The molecule has 0 bridgehead atoms. The summed E-state index contributed by atoms with van der Waals surface area (Å²) in [5.74, 6) is 3.23. The van der Waals surface area contributed by atoms with Crippen molar-refractivity contribution in [2.24, 2.45) is 4.99 Å². The van der Waals surface area contributed by atoms with Crippen molar-refractivity contribution in [3.05, 3.63) is 77.4 Å². The summed E-state index contributed by atoms with van der Waals surface area (Å²) in [7, 11) is 2.09. The van der Waals surface area contributed by atoms with E-state index in [-0.39, 0.29) is 29.4 Å². The Morgan fingerprint density at radius 1 is 1.06 bits per heavy atom. The van der Waals surface area contributed by atoms with Crippen LogP contribution in [0.15, 0.2) is 62.7 Å². The average Bonchev–Trinajstić information content (AvgIpc) is 3.43. The lowest BCUT2D eigenvalue weighted by Crippen LogP contribution is -2.36. The van der Waals surface area contributed by atoms with Gasteiger partial charge in [-0.3, -0.25) is 4.90 Å². The zero-order valence-electron chi connectivity index (χ0n) is 20.2. The molecule has 0 unspecified atom stereocenters. The molecule has 2 N–H and O–H groups in total. The average molecular weight is 566 g/mol. The van der Waals surface area contributed by atoms with Gasteiger partial charge in [-0.1, -0.05) is 45.0 Å². The molecule has 0 atom stereocenters. The van der Waals surface area contributed by atoms with Gasteiger partial charge in [0.2, 0.25) is 5.89 Å². The highest BCUT2D eigenvalue weighted by Gasteiger charge is 2.19. The van der Waals surface area contributed by atoms with E-state index in [1.807, 2.05) is 12.1 Å². The third kappa shape index (κ3) is 8.51. The van der Waals surface area contributed by atoms with Crippen LogP contribution in [0, 0.1) is 0 Å². The van der Waals surface area contributed by atoms with Crippen LogP contribution in [-0.4, -0.2) is 29.4 Å². The number of nitrogens with zero attached hydrogens (tertiary/aromatic N) is 3. The number of aliphatic imine (C=N–C) groups is 1. The zero-order valence-corrected chi connectivity index (χ0v) is 22.6.